The van der Waals surface area contributed by atoms with Crippen LogP contribution in [0.25, 0.3) is 10.9 Å². The molecule has 0 aliphatic heterocycles. The number of H-pyrrole nitrogens is 1. The van der Waals surface area contributed by atoms with Crippen molar-refractivity contribution in [2.24, 2.45) is 5.73 Å². The number of nitrogens with one attached hydrogen (secondary N) is 1. The van der Waals surface area contributed by atoms with Gasteiger partial charge in [-0.05, 0) is 81.9 Å². The number of nitrogens with zero attached hydrogens (tertiary/aromatic N) is 1. The molecule has 0 saturated heterocycles. The van der Waals surface area contributed by atoms with Gasteiger partial charge >= 0.3 is 0 Å². The fourth-order valence-corrected chi connectivity index (χ4v) is 6.17. The highest BCUT2D eigenvalue weighted by Gasteiger charge is 2.49. The second-order valence-corrected chi connectivity index (χ2v) is 9.41. The highest BCUT2D eigenvalue weighted by Crippen LogP contribution is 2.54. The van der Waals surface area contributed by atoms with Crippen LogP contribution in [0.4, 0.5) is 4.39 Å². The van der Waals surface area contributed by atoms with Gasteiger partial charge in [0.05, 0.1) is 0 Å². The maximum absolute atomic E-state index is 14.0. The van der Waals surface area contributed by atoms with Gasteiger partial charge in [0, 0.05) is 33.6 Å². The molecular formula is C25H30FN3. The number of hydrogen-bond acceptors (Lipinski definition) is 2. The van der Waals surface area contributed by atoms with Crippen LogP contribution in [0.1, 0.15) is 48.9 Å². The second kappa shape index (κ2) is 6.68. The lowest BCUT2D eigenvalue weighted by atomic mass is 9.58. The van der Waals surface area contributed by atoms with Gasteiger partial charge in [0.1, 0.15) is 5.82 Å². The van der Waals surface area contributed by atoms with Gasteiger partial charge in [-0.1, -0.05) is 30.3 Å². The Morgan fingerprint density at radius 1 is 1.03 bits per heavy atom. The molecule has 2 aliphatic rings. The van der Waals surface area contributed by atoms with Crippen LogP contribution >= 0.6 is 0 Å². The van der Waals surface area contributed by atoms with E-state index in [-0.39, 0.29) is 22.8 Å². The maximum Gasteiger partial charge on any atom is 0.123 e. The van der Waals surface area contributed by atoms with Gasteiger partial charge in [-0.25, -0.2) is 4.39 Å². The Labute approximate surface area is 172 Å². The van der Waals surface area contributed by atoms with Crippen LogP contribution < -0.4 is 5.73 Å². The zero-order valence-corrected chi connectivity index (χ0v) is 17.3. The molecule has 1 aromatic heterocycles. The van der Waals surface area contributed by atoms with E-state index in [1.54, 1.807) is 6.07 Å². The van der Waals surface area contributed by atoms with Crippen molar-refractivity contribution in [2.45, 2.75) is 55.5 Å². The van der Waals surface area contributed by atoms with Gasteiger partial charge < -0.3 is 10.7 Å². The van der Waals surface area contributed by atoms with E-state index in [1.165, 1.54) is 28.2 Å². The molecule has 2 aromatic carbocycles. The first kappa shape index (κ1) is 18.8. The van der Waals surface area contributed by atoms with Crippen molar-refractivity contribution in [1.82, 2.24) is 9.88 Å². The van der Waals surface area contributed by atoms with Crippen LogP contribution in [-0.4, -0.2) is 30.0 Å². The van der Waals surface area contributed by atoms with Gasteiger partial charge in [0.15, 0.2) is 0 Å². The van der Waals surface area contributed by atoms with E-state index < -0.39 is 0 Å². The van der Waals surface area contributed by atoms with Crippen molar-refractivity contribution in [3.05, 3.63) is 71.2 Å². The van der Waals surface area contributed by atoms with E-state index in [9.17, 15) is 4.39 Å². The molecule has 152 valence electrons. The summed E-state index contributed by atoms with van der Waals surface area (Å²) in [5, 5.41) is 1.33. The summed E-state index contributed by atoms with van der Waals surface area (Å²) in [6.07, 6.45) is 6.11. The maximum atomic E-state index is 14.0. The minimum atomic E-state index is -0.151. The van der Waals surface area contributed by atoms with Crippen molar-refractivity contribution >= 4 is 10.9 Å². The van der Waals surface area contributed by atoms with Gasteiger partial charge in [0.25, 0.3) is 0 Å². The lowest BCUT2D eigenvalue weighted by Gasteiger charge is -2.52. The zero-order chi connectivity index (χ0) is 20.2. The van der Waals surface area contributed by atoms with Crippen molar-refractivity contribution in [1.29, 1.82) is 0 Å². The minimum Gasteiger partial charge on any atom is -0.358 e. The number of nitrogens with two attached hydrogens (primary N) is 1. The number of aromatic amines is 1. The highest BCUT2D eigenvalue weighted by molar-refractivity contribution is 5.85. The molecule has 1 heterocycles. The normalized spacial score (nSPS) is 29.5. The number of benzene rings is 2. The molecule has 1 spiro atoms. The standard InChI is InChI=1S/C25H30FN3/c1-29(2)25(17-6-5-7-18(26)14-17)12-10-24(11-13-25)16-19(27)15-21-20-8-3-4-9-22(20)28-23(21)24/h3-9,14,19,28H,10-13,15-16,27H2,1-2H3. The summed E-state index contributed by atoms with van der Waals surface area (Å²) in [5.41, 5.74) is 11.7. The largest absolute Gasteiger partial charge is 0.358 e. The number of hydrogen-bond donors (Lipinski definition) is 2. The average molecular weight is 392 g/mol. The van der Waals surface area contributed by atoms with Crippen molar-refractivity contribution < 1.29 is 4.39 Å². The average Bonchev–Trinajstić information content (AvgIpc) is 3.08. The van der Waals surface area contributed by atoms with Crippen LogP contribution in [-0.2, 0) is 17.4 Å². The molecule has 2 aliphatic carbocycles. The van der Waals surface area contributed by atoms with Crippen LogP contribution in [0.15, 0.2) is 48.5 Å². The van der Waals surface area contributed by atoms with Crippen LogP contribution in [0, 0.1) is 5.82 Å². The highest BCUT2D eigenvalue weighted by atomic mass is 19.1. The summed E-state index contributed by atoms with van der Waals surface area (Å²) in [4.78, 5) is 6.07. The van der Waals surface area contributed by atoms with E-state index in [0.717, 1.165) is 44.1 Å². The number of fused-ring (bicyclic) bond motifs is 4. The van der Waals surface area contributed by atoms with Crippen LogP contribution in [0.5, 0.6) is 0 Å². The molecule has 0 bridgehead atoms. The monoisotopic (exact) mass is 391 g/mol. The first-order chi connectivity index (χ1) is 13.9. The third-order valence-electron chi connectivity index (χ3n) is 7.72. The van der Waals surface area contributed by atoms with Gasteiger partial charge in [-0.2, -0.15) is 0 Å². The van der Waals surface area contributed by atoms with E-state index >= 15 is 0 Å². The van der Waals surface area contributed by atoms with Gasteiger partial charge in [-0.15, -0.1) is 0 Å². The predicted molar refractivity (Wildman–Crippen MR) is 117 cm³/mol. The number of halogens is 1. The summed E-state index contributed by atoms with van der Waals surface area (Å²) in [7, 11) is 4.26. The third kappa shape index (κ3) is 2.84. The molecule has 3 aromatic rings. The Morgan fingerprint density at radius 2 is 1.79 bits per heavy atom. The summed E-state index contributed by atoms with van der Waals surface area (Å²) in [5.74, 6) is -0.151. The quantitative estimate of drug-likeness (QED) is 0.656. The summed E-state index contributed by atoms with van der Waals surface area (Å²) in [6, 6.07) is 16.0. The molecule has 3 nitrogen and oxygen atoms in total. The van der Waals surface area contributed by atoms with E-state index in [4.69, 9.17) is 5.73 Å². The number of aromatic nitrogens is 1. The van der Waals surface area contributed by atoms with E-state index in [1.807, 2.05) is 6.07 Å². The predicted octanol–water partition coefficient (Wildman–Crippen LogP) is 4.85. The van der Waals surface area contributed by atoms with Gasteiger partial charge in [0.2, 0.25) is 0 Å². The molecule has 3 N–H and O–H groups in total. The van der Waals surface area contributed by atoms with Crippen molar-refractivity contribution in [3.63, 3.8) is 0 Å². The molecular weight excluding hydrogens is 361 g/mol. The molecule has 1 fully saturated rings. The summed E-state index contributed by atoms with van der Waals surface area (Å²) in [6.45, 7) is 0. The fourth-order valence-electron chi connectivity index (χ4n) is 6.17. The van der Waals surface area contributed by atoms with E-state index in [0.29, 0.717) is 0 Å². The summed E-state index contributed by atoms with van der Waals surface area (Å²) >= 11 is 0. The van der Waals surface area contributed by atoms with Crippen LogP contribution in [0.2, 0.25) is 0 Å². The zero-order valence-electron chi connectivity index (χ0n) is 17.3. The molecule has 0 radical (unpaired) electrons. The second-order valence-electron chi connectivity index (χ2n) is 9.41. The topological polar surface area (TPSA) is 45.0 Å². The molecule has 1 atom stereocenters. The van der Waals surface area contributed by atoms with Crippen molar-refractivity contribution in [2.75, 3.05) is 14.1 Å². The Kier molecular flexibility index (Phi) is 4.34. The lowest BCUT2D eigenvalue weighted by molar-refractivity contribution is 0.0557. The smallest absolute Gasteiger partial charge is 0.123 e. The minimum absolute atomic E-state index is 0.0961. The van der Waals surface area contributed by atoms with Crippen molar-refractivity contribution in [3.8, 4) is 0 Å². The summed E-state index contributed by atoms with van der Waals surface area (Å²) < 4.78 is 14.0. The first-order valence-electron chi connectivity index (χ1n) is 10.7. The Morgan fingerprint density at radius 3 is 2.52 bits per heavy atom. The fraction of sp³-hybridized carbons (Fsp3) is 0.440. The lowest BCUT2D eigenvalue weighted by Crippen LogP contribution is -2.51. The molecule has 4 heteroatoms. The third-order valence-corrected chi connectivity index (χ3v) is 7.72. The Hall–Kier alpha value is -2.17. The molecule has 1 unspecified atom stereocenters. The molecule has 29 heavy (non-hydrogen) atoms. The number of para-hydroxylation sites is 1. The Balaban J connectivity index is 1.55. The SMILES string of the molecule is CN(C)C1(c2cccc(F)c2)CCC2(CC1)CC(N)Cc1c2[nH]c2ccccc12. The molecule has 1 saturated carbocycles. The first-order valence-corrected chi connectivity index (χ1v) is 10.7. The number of rotatable bonds is 2. The van der Waals surface area contributed by atoms with Gasteiger partial charge in [-0.3, -0.25) is 4.90 Å². The molecule has 5 rings (SSSR count). The van der Waals surface area contributed by atoms with E-state index in [2.05, 4.69) is 54.3 Å². The Bertz CT molecular complexity index is 1040. The molecule has 0 amide bonds. The van der Waals surface area contributed by atoms with Crippen LogP contribution in [0.3, 0.4) is 0 Å².